The molecule has 16 heavy (non-hydrogen) atoms. The largest absolute Gasteiger partial charge is 0.289 e. The van der Waals surface area contributed by atoms with E-state index < -0.39 is 0 Å². The molecule has 2 aromatic heterocycles. The molecule has 0 aliphatic carbocycles. The van der Waals surface area contributed by atoms with Crippen molar-refractivity contribution in [2.24, 2.45) is 0 Å². The standard InChI is InChI=1S/C13H11NOS/c1-10-6-9-16-13(10)3-2-12(15)11-4-7-14-8-5-11/h2-9H,1H3. The Balaban J connectivity index is 2.15. The Kier molecular flexibility index (Phi) is 3.27. The zero-order valence-electron chi connectivity index (χ0n) is 8.88. The molecular weight excluding hydrogens is 218 g/mol. The first kappa shape index (κ1) is 10.8. The normalized spacial score (nSPS) is 10.8. The highest BCUT2D eigenvalue weighted by molar-refractivity contribution is 7.11. The van der Waals surface area contributed by atoms with Crippen molar-refractivity contribution in [1.29, 1.82) is 0 Å². The van der Waals surface area contributed by atoms with E-state index in [4.69, 9.17) is 0 Å². The van der Waals surface area contributed by atoms with Crippen LogP contribution in [-0.2, 0) is 0 Å². The van der Waals surface area contributed by atoms with E-state index in [0.29, 0.717) is 5.56 Å². The van der Waals surface area contributed by atoms with Gasteiger partial charge in [0, 0.05) is 22.8 Å². The van der Waals surface area contributed by atoms with Crippen molar-refractivity contribution in [3.63, 3.8) is 0 Å². The van der Waals surface area contributed by atoms with Gasteiger partial charge in [-0.05, 0) is 48.2 Å². The lowest BCUT2D eigenvalue weighted by molar-refractivity contribution is 0.104. The highest BCUT2D eigenvalue weighted by Gasteiger charge is 2.01. The van der Waals surface area contributed by atoms with Crippen LogP contribution in [0.4, 0.5) is 0 Å². The lowest BCUT2D eigenvalue weighted by Gasteiger charge is -1.93. The van der Waals surface area contributed by atoms with E-state index in [-0.39, 0.29) is 5.78 Å². The number of rotatable bonds is 3. The summed E-state index contributed by atoms with van der Waals surface area (Å²) in [6, 6.07) is 5.48. The van der Waals surface area contributed by atoms with Crippen LogP contribution >= 0.6 is 11.3 Å². The first-order valence-electron chi connectivity index (χ1n) is 4.94. The van der Waals surface area contributed by atoms with Gasteiger partial charge in [0.15, 0.2) is 5.78 Å². The highest BCUT2D eigenvalue weighted by Crippen LogP contribution is 2.17. The number of aryl methyl sites for hydroxylation is 1. The van der Waals surface area contributed by atoms with E-state index in [1.807, 2.05) is 24.4 Å². The number of nitrogens with zero attached hydrogens (tertiary/aromatic N) is 1. The second-order valence-corrected chi connectivity index (χ2v) is 4.35. The van der Waals surface area contributed by atoms with Gasteiger partial charge in [-0.2, -0.15) is 0 Å². The summed E-state index contributed by atoms with van der Waals surface area (Å²) in [6.07, 6.45) is 6.71. The van der Waals surface area contributed by atoms with Crippen LogP contribution in [-0.4, -0.2) is 10.8 Å². The van der Waals surface area contributed by atoms with Crippen molar-refractivity contribution in [1.82, 2.24) is 4.98 Å². The summed E-state index contributed by atoms with van der Waals surface area (Å²) in [5.41, 5.74) is 1.87. The summed E-state index contributed by atoms with van der Waals surface area (Å²) in [6.45, 7) is 2.03. The zero-order chi connectivity index (χ0) is 11.4. The van der Waals surface area contributed by atoms with E-state index in [9.17, 15) is 4.79 Å². The molecular formula is C13H11NOS. The number of thiophene rings is 1. The van der Waals surface area contributed by atoms with Crippen molar-refractivity contribution >= 4 is 23.2 Å². The van der Waals surface area contributed by atoms with Gasteiger partial charge in [-0.3, -0.25) is 9.78 Å². The average molecular weight is 229 g/mol. The summed E-state index contributed by atoms with van der Waals surface area (Å²) >= 11 is 1.64. The molecule has 0 N–H and O–H groups in total. The Bertz CT molecular complexity index is 514. The minimum atomic E-state index is 0.00944. The van der Waals surface area contributed by atoms with Gasteiger partial charge in [-0.25, -0.2) is 0 Å². The molecule has 2 heterocycles. The van der Waals surface area contributed by atoms with E-state index in [0.717, 1.165) is 4.88 Å². The van der Waals surface area contributed by atoms with Gasteiger partial charge in [-0.15, -0.1) is 11.3 Å². The molecule has 0 radical (unpaired) electrons. The topological polar surface area (TPSA) is 30.0 Å². The molecule has 0 atom stereocenters. The van der Waals surface area contributed by atoms with E-state index >= 15 is 0 Å². The maximum Gasteiger partial charge on any atom is 0.185 e. The Morgan fingerprint density at radius 1 is 1.31 bits per heavy atom. The van der Waals surface area contributed by atoms with Crippen LogP contribution in [0, 0.1) is 6.92 Å². The predicted molar refractivity (Wildman–Crippen MR) is 66.7 cm³/mol. The number of ketones is 1. The van der Waals surface area contributed by atoms with Gasteiger partial charge in [-0.1, -0.05) is 0 Å². The molecule has 0 fully saturated rings. The Morgan fingerprint density at radius 3 is 2.69 bits per heavy atom. The van der Waals surface area contributed by atoms with Crippen molar-refractivity contribution in [3.05, 3.63) is 58.1 Å². The maximum atomic E-state index is 11.7. The van der Waals surface area contributed by atoms with E-state index in [1.54, 1.807) is 41.9 Å². The van der Waals surface area contributed by atoms with Gasteiger partial charge in [0.05, 0.1) is 0 Å². The minimum absolute atomic E-state index is 0.00944. The lowest BCUT2D eigenvalue weighted by atomic mass is 10.1. The molecule has 3 heteroatoms. The van der Waals surface area contributed by atoms with Gasteiger partial charge in [0.2, 0.25) is 0 Å². The highest BCUT2D eigenvalue weighted by atomic mass is 32.1. The molecule has 0 spiro atoms. The molecule has 0 aromatic carbocycles. The van der Waals surface area contributed by atoms with Crippen LogP contribution in [0.1, 0.15) is 20.8 Å². The van der Waals surface area contributed by atoms with E-state index in [1.165, 1.54) is 5.56 Å². The number of carbonyl (C=O) groups excluding carboxylic acids is 1. The first-order valence-corrected chi connectivity index (χ1v) is 5.82. The summed E-state index contributed by atoms with van der Waals surface area (Å²) in [5.74, 6) is 0.00944. The summed E-state index contributed by atoms with van der Waals surface area (Å²) in [5, 5.41) is 2.02. The summed E-state index contributed by atoms with van der Waals surface area (Å²) in [7, 11) is 0. The summed E-state index contributed by atoms with van der Waals surface area (Å²) < 4.78 is 0. The Labute approximate surface area is 98.3 Å². The summed E-state index contributed by atoms with van der Waals surface area (Å²) in [4.78, 5) is 16.7. The van der Waals surface area contributed by atoms with Gasteiger partial charge in [0.1, 0.15) is 0 Å². The number of pyridine rings is 1. The van der Waals surface area contributed by atoms with Crippen LogP contribution in [0.5, 0.6) is 0 Å². The van der Waals surface area contributed by atoms with Crippen molar-refractivity contribution in [2.75, 3.05) is 0 Å². The van der Waals surface area contributed by atoms with Crippen LogP contribution in [0.15, 0.2) is 42.0 Å². The predicted octanol–water partition coefficient (Wildman–Crippen LogP) is 3.35. The van der Waals surface area contributed by atoms with E-state index in [2.05, 4.69) is 4.98 Å². The van der Waals surface area contributed by atoms with Crippen LogP contribution < -0.4 is 0 Å². The molecule has 0 aliphatic rings. The van der Waals surface area contributed by atoms with Crippen molar-refractivity contribution < 1.29 is 4.79 Å². The average Bonchev–Trinajstić information content (AvgIpc) is 2.73. The second-order valence-electron chi connectivity index (χ2n) is 3.40. The fraction of sp³-hybridized carbons (Fsp3) is 0.0769. The molecule has 0 unspecified atom stereocenters. The molecule has 0 saturated carbocycles. The van der Waals surface area contributed by atoms with Gasteiger partial charge >= 0.3 is 0 Å². The fourth-order valence-corrected chi connectivity index (χ4v) is 2.14. The maximum absolute atomic E-state index is 11.7. The van der Waals surface area contributed by atoms with Crippen molar-refractivity contribution in [2.45, 2.75) is 6.92 Å². The second kappa shape index (κ2) is 4.86. The van der Waals surface area contributed by atoms with Gasteiger partial charge < -0.3 is 0 Å². The van der Waals surface area contributed by atoms with Crippen molar-refractivity contribution in [3.8, 4) is 0 Å². The molecule has 80 valence electrons. The van der Waals surface area contributed by atoms with Crippen LogP contribution in [0.25, 0.3) is 6.08 Å². The molecule has 0 amide bonds. The SMILES string of the molecule is Cc1ccsc1C=CC(=O)c1ccncc1. The third kappa shape index (κ3) is 2.44. The Hall–Kier alpha value is -1.74. The third-order valence-electron chi connectivity index (χ3n) is 2.25. The molecule has 2 aromatic rings. The molecule has 2 rings (SSSR count). The molecule has 0 bridgehead atoms. The number of aromatic nitrogens is 1. The molecule has 0 aliphatic heterocycles. The molecule has 0 saturated heterocycles. The fourth-order valence-electron chi connectivity index (χ4n) is 1.32. The molecule has 2 nitrogen and oxygen atoms in total. The minimum Gasteiger partial charge on any atom is -0.289 e. The quantitative estimate of drug-likeness (QED) is 0.596. The first-order chi connectivity index (χ1) is 7.77. The monoisotopic (exact) mass is 229 g/mol. The number of carbonyl (C=O) groups is 1. The number of allylic oxidation sites excluding steroid dienone is 1. The van der Waals surface area contributed by atoms with Crippen LogP contribution in [0.3, 0.4) is 0 Å². The van der Waals surface area contributed by atoms with Gasteiger partial charge in [0.25, 0.3) is 0 Å². The number of hydrogen-bond donors (Lipinski definition) is 0. The van der Waals surface area contributed by atoms with Crippen LogP contribution in [0.2, 0.25) is 0 Å². The lowest BCUT2D eigenvalue weighted by Crippen LogP contribution is -1.93. The zero-order valence-corrected chi connectivity index (χ0v) is 9.70. The smallest absolute Gasteiger partial charge is 0.185 e. The third-order valence-corrected chi connectivity index (χ3v) is 3.24. The Morgan fingerprint density at radius 2 is 2.06 bits per heavy atom. The number of hydrogen-bond acceptors (Lipinski definition) is 3.